The van der Waals surface area contributed by atoms with Gasteiger partial charge in [-0.2, -0.15) is 5.10 Å². The number of amides is 1. The maximum absolute atomic E-state index is 13.0. The number of thioether (sulfide) groups is 1. The van der Waals surface area contributed by atoms with Crippen molar-refractivity contribution >= 4 is 34.4 Å². The van der Waals surface area contributed by atoms with Gasteiger partial charge in [-0.1, -0.05) is 23.9 Å². The highest BCUT2D eigenvalue weighted by molar-refractivity contribution is 8.00. The van der Waals surface area contributed by atoms with Gasteiger partial charge >= 0.3 is 0 Å². The highest BCUT2D eigenvalue weighted by Gasteiger charge is 2.22. The number of nitrogens with one attached hydrogen (secondary N) is 1. The molecule has 1 N–H and O–H groups in total. The van der Waals surface area contributed by atoms with Gasteiger partial charge in [0.1, 0.15) is 5.75 Å². The van der Waals surface area contributed by atoms with Gasteiger partial charge in [0, 0.05) is 12.7 Å². The molecule has 8 heteroatoms. The number of para-hydroxylation sites is 2. The largest absolute Gasteiger partial charge is 0.494 e. The molecule has 166 valence electrons. The van der Waals surface area contributed by atoms with Crippen LogP contribution in [0.5, 0.6) is 5.75 Å². The molecular formula is C24H27N5O2S. The number of anilines is 1. The van der Waals surface area contributed by atoms with Crippen LogP contribution >= 0.6 is 11.8 Å². The second kappa shape index (κ2) is 9.08. The van der Waals surface area contributed by atoms with Crippen LogP contribution in [0.4, 0.5) is 5.69 Å². The first-order valence-electron chi connectivity index (χ1n) is 10.6. The van der Waals surface area contributed by atoms with Gasteiger partial charge in [-0.25, -0.2) is 4.98 Å². The van der Waals surface area contributed by atoms with Crippen molar-refractivity contribution in [2.75, 3.05) is 11.9 Å². The maximum atomic E-state index is 13.0. The zero-order chi connectivity index (χ0) is 22.8. The van der Waals surface area contributed by atoms with Gasteiger partial charge in [0.25, 0.3) is 0 Å². The van der Waals surface area contributed by atoms with E-state index in [1.165, 1.54) is 11.8 Å². The van der Waals surface area contributed by atoms with Crippen molar-refractivity contribution < 1.29 is 9.53 Å². The molecule has 7 nitrogen and oxygen atoms in total. The Hall–Kier alpha value is -3.26. The number of hydrogen-bond acceptors (Lipinski definition) is 5. The lowest BCUT2D eigenvalue weighted by Gasteiger charge is -2.14. The van der Waals surface area contributed by atoms with Crippen LogP contribution in [0, 0.1) is 13.8 Å². The highest BCUT2D eigenvalue weighted by atomic mass is 32.2. The zero-order valence-electron chi connectivity index (χ0n) is 18.9. The summed E-state index contributed by atoms with van der Waals surface area (Å²) in [5, 5.41) is 7.82. The number of carbonyl (C=O) groups is 1. The average Bonchev–Trinajstić information content (AvgIpc) is 3.25. The van der Waals surface area contributed by atoms with Crippen LogP contribution in [-0.4, -0.2) is 37.1 Å². The first kappa shape index (κ1) is 22.0. The van der Waals surface area contributed by atoms with E-state index in [0.717, 1.165) is 44.7 Å². The normalized spacial score (nSPS) is 12.2. The highest BCUT2D eigenvalue weighted by Crippen LogP contribution is 2.32. The Balaban J connectivity index is 1.64. The fourth-order valence-electron chi connectivity index (χ4n) is 3.58. The van der Waals surface area contributed by atoms with Gasteiger partial charge < -0.3 is 10.1 Å². The average molecular weight is 450 g/mol. The Morgan fingerprint density at radius 3 is 2.53 bits per heavy atom. The molecule has 1 unspecified atom stereocenters. The lowest BCUT2D eigenvalue weighted by atomic mass is 10.2. The summed E-state index contributed by atoms with van der Waals surface area (Å²) in [7, 11) is 1.87. The molecule has 1 atom stereocenters. The SMILES string of the molecule is CCOc1ccc(-n2c(SC(C)C(=O)Nc3c(C)nn(C)c3C)nc3ccccc32)cc1. The fourth-order valence-corrected chi connectivity index (χ4v) is 4.52. The van der Waals surface area contributed by atoms with E-state index in [0.29, 0.717) is 6.61 Å². The minimum Gasteiger partial charge on any atom is -0.494 e. The molecule has 2 aromatic carbocycles. The Labute approximate surface area is 191 Å². The third-order valence-electron chi connectivity index (χ3n) is 5.34. The number of fused-ring (bicyclic) bond motifs is 1. The van der Waals surface area contributed by atoms with Crippen molar-refractivity contribution in [2.24, 2.45) is 7.05 Å². The second-order valence-corrected chi connectivity index (χ2v) is 8.87. The summed E-state index contributed by atoms with van der Waals surface area (Å²) in [6.07, 6.45) is 0. The molecule has 0 fully saturated rings. The number of hydrogen-bond donors (Lipinski definition) is 1. The standard InChI is InChI=1S/C24H27N5O2S/c1-6-31-19-13-11-18(12-14-19)29-21-10-8-7-9-20(21)25-24(29)32-17(4)23(30)26-22-15(2)27-28(5)16(22)3/h7-14,17H,6H2,1-5H3,(H,26,30). The first-order valence-corrected chi connectivity index (χ1v) is 11.5. The minimum atomic E-state index is -0.354. The van der Waals surface area contributed by atoms with Gasteiger partial charge in [0.2, 0.25) is 5.91 Å². The second-order valence-electron chi connectivity index (χ2n) is 7.56. The summed E-state index contributed by atoms with van der Waals surface area (Å²) in [4.78, 5) is 17.8. The van der Waals surface area contributed by atoms with Crippen LogP contribution in [0.25, 0.3) is 16.7 Å². The van der Waals surface area contributed by atoms with Crippen molar-refractivity contribution in [3.05, 3.63) is 59.9 Å². The van der Waals surface area contributed by atoms with Crippen molar-refractivity contribution in [1.29, 1.82) is 0 Å². The zero-order valence-corrected chi connectivity index (χ0v) is 19.7. The predicted octanol–water partition coefficient (Wildman–Crippen LogP) is 4.89. The van der Waals surface area contributed by atoms with Crippen molar-refractivity contribution in [1.82, 2.24) is 19.3 Å². The molecule has 1 amide bonds. The molecule has 4 rings (SSSR count). The molecule has 0 aliphatic carbocycles. The third-order valence-corrected chi connectivity index (χ3v) is 6.40. The summed E-state index contributed by atoms with van der Waals surface area (Å²) in [5.41, 5.74) is 5.34. The van der Waals surface area contributed by atoms with Gasteiger partial charge in [0.15, 0.2) is 5.16 Å². The lowest BCUT2D eigenvalue weighted by molar-refractivity contribution is -0.115. The molecule has 0 aliphatic heterocycles. The smallest absolute Gasteiger partial charge is 0.237 e. The van der Waals surface area contributed by atoms with Crippen molar-refractivity contribution in [3.63, 3.8) is 0 Å². The summed E-state index contributed by atoms with van der Waals surface area (Å²) in [6, 6.07) is 15.9. The van der Waals surface area contributed by atoms with Crippen LogP contribution in [0.2, 0.25) is 0 Å². The van der Waals surface area contributed by atoms with E-state index < -0.39 is 0 Å². The van der Waals surface area contributed by atoms with Crippen LogP contribution in [0.1, 0.15) is 25.2 Å². The Morgan fingerprint density at radius 1 is 1.16 bits per heavy atom. The van der Waals surface area contributed by atoms with E-state index >= 15 is 0 Å². The topological polar surface area (TPSA) is 74.0 Å². The van der Waals surface area contributed by atoms with E-state index in [-0.39, 0.29) is 11.2 Å². The predicted molar refractivity (Wildman–Crippen MR) is 129 cm³/mol. The van der Waals surface area contributed by atoms with Crippen LogP contribution in [0.3, 0.4) is 0 Å². The number of nitrogens with zero attached hydrogens (tertiary/aromatic N) is 4. The van der Waals surface area contributed by atoms with Gasteiger partial charge in [0.05, 0.1) is 40.0 Å². The minimum absolute atomic E-state index is 0.0838. The summed E-state index contributed by atoms with van der Waals surface area (Å²) >= 11 is 1.43. The Bertz CT molecular complexity index is 1260. The Kier molecular flexibility index (Phi) is 6.23. The molecule has 0 bridgehead atoms. The van der Waals surface area contributed by atoms with Crippen LogP contribution in [0.15, 0.2) is 53.7 Å². The fraction of sp³-hybridized carbons (Fsp3) is 0.292. The maximum Gasteiger partial charge on any atom is 0.237 e. The lowest BCUT2D eigenvalue weighted by Crippen LogP contribution is -2.23. The molecule has 0 saturated carbocycles. The molecule has 2 heterocycles. The molecular weight excluding hydrogens is 422 g/mol. The van der Waals surface area contributed by atoms with E-state index in [1.54, 1.807) is 4.68 Å². The van der Waals surface area contributed by atoms with E-state index in [4.69, 9.17) is 9.72 Å². The molecule has 0 saturated heterocycles. The number of rotatable bonds is 7. The number of imidazole rings is 1. The third kappa shape index (κ3) is 4.23. The number of aromatic nitrogens is 4. The van der Waals surface area contributed by atoms with E-state index in [2.05, 4.69) is 15.0 Å². The monoisotopic (exact) mass is 449 g/mol. The number of ether oxygens (including phenoxy) is 1. The van der Waals surface area contributed by atoms with Crippen molar-refractivity contribution in [3.8, 4) is 11.4 Å². The number of carbonyl (C=O) groups excluding carboxylic acids is 1. The van der Waals surface area contributed by atoms with Gasteiger partial charge in [-0.15, -0.1) is 0 Å². The summed E-state index contributed by atoms with van der Waals surface area (Å²) in [6.45, 7) is 8.32. The summed E-state index contributed by atoms with van der Waals surface area (Å²) in [5.74, 6) is 0.740. The number of benzene rings is 2. The van der Waals surface area contributed by atoms with Crippen LogP contribution in [-0.2, 0) is 11.8 Å². The molecule has 0 spiro atoms. The van der Waals surface area contributed by atoms with E-state index in [9.17, 15) is 4.79 Å². The van der Waals surface area contributed by atoms with E-state index in [1.807, 2.05) is 83.3 Å². The molecule has 32 heavy (non-hydrogen) atoms. The van der Waals surface area contributed by atoms with Gasteiger partial charge in [-0.05, 0) is 64.1 Å². The first-order chi connectivity index (χ1) is 15.4. The summed E-state index contributed by atoms with van der Waals surface area (Å²) < 4.78 is 9.44. The molecule has 2 aromatic heterocycles. The molecule has 4 aromatic rings. The molecule has 0 aliphatic rings. The quantitative estimate of drug-likeness (QED) is 0.407. The molecule has 0 radical (unpaired) electrons. The Morgan fingerprint density at radius 2 is 1.88 bits per heavy atom. The number of aryl methyl sites for hydroxylation is 2. The van der Waals surface area contributed by atoms with Crippen molar-refractivity contribution in [2.45, 2.75) is 38.1 Å². The van der Waals surface area contributed by atoms with Gasteiger partial charge in [-0.3, -0.25) is 14.0 Å². The van der Waals surface area contributed by atoms with Crippen LogP contribution < -0.4 is 10.1 Å².